The second kappa shape index (κ2) is 10.4. The average Bonchev–Trinajstić information content (AvgIpc) is 3.08. The van der Waals surface area contributed by atoms with E-state index in [4.69, 9.17) is 9.26 Å². The predicted octanol–water partition coefficient (Wildman–Crippen LogP) is 1.58. The molecule has 9 nitrogen and oxygen atoms in total. The second-order valence-corrected chi connectivity index (χ2v) is 7.24. The molecule has 1 aromatic heterocycles. The summed E-state index contributed by atoms with van der Waals surface area (Å²) >= 11 is 1.12. The Hall–Kier alpha value is -3.01. The summed E-state index contributed by atoms with van der Waals surface area (Å²) in [5, 5.41) is 5.77. The molecule has 28 heavy (non-hydrogen) atoms. The molecule has 0 saturated carbocycles. The van der Waals surface area contributed by atoms with Gasteiger partial charge in [0.15, 0.2) is 12.4 Å². The van der Waals surface area contributed by atoms with Gasteiger partial charge in [-0.25, -0.2) is 0 Å². The molecule has 3 N–H and O–H groups in total. The van der Waals surface area contributed by atoms with Gasteiger partial charge in [-0.1, -0.05) is 23.4 Å². The van der Waals surface area contributed by atoms with Crippen LogP contribution >= 0.6 is 11.8 Å². The number of anilines is 1. The summed E-state index contributed by atoms with van der Waals surface area (Å²) < 4.78 is 10.2. The molecule has 1 aromatic carbocycles. The van der Waals surface area contributed by atoms with E-state index in [2.05, 4.69) is 21.3 Å². The number of aromatic nitrogens is 1. The van der Waals surface area contributed by atoms with E-state index in [0.717, 1.165) is 17.3 Å². The van der Waals surface area contributed by atoms with Gasteiger partial charge in [0.1, 0.15) is 11.5 Å². The monoisotopic (exact) mass is 406 g/mol. The fourth-order valence-electron chi connectivity index (χ4n) is 2.00. The van der Waals surface area contributed by atoms with Crippen LogP contribution in [0.25, 0.3) is 0 Å². The number of rotatable bonds is 8. The molecule has 0 aliphatic carbocycles. The number of nitrogens with zero attached hydrogens (tertiary/aromatic N) is 1. The fourth-order valence-corrected chi connectivity index (χ4v) is 2.69. The normalized spacial score (nSPS) is 11.4. The predicted molar refractivity (Wildman–Crippen MR) is 105 cm³/mol. The largest absolute Gasteiger partial charge is 0.483 e. The van der Waals surface area contributed by atoms with Gasteiger partial charge in [0, 0.05) is 6.07 Å². The quantitative estimate of drug-likeness (QED) is 0.569. The number of carbonyl (C=O) groups excluding carboxylic acids is 3. The molecule has 0 spiro atoms. The lowest BCUT2D eigenvalue weighted by Gasteiger charge is -2.12. The molecule has 2 rings (SSSR count). The molecule has 0 fully saturated rings. The van der Waals surface area contributed by atoms with Crippen LogP contribution < -0.4 is 20.9 Å². The van der Waals surface area contributed by atoms with Crippen LogP contribution in [0.3, 0.4) is 0 Å². The van der Waals surface area contributed by atoms with E-state index in [1.54, 1.807) is 32.0 Å². The molecule has 0 aliphatic heterocycles. The van der Waals surface area contributed by atoms with Crippen LogP contribution in [0.2, 0.25) is 0 Å². The first-order chi connectivity index (χ1) is 13.3. The zero-order valence-corrected chi connectivity index (χ0v) is 16.6. The molecular formula is C18H22N4O5S. The Morgan fingerprint density at radius 1 is 1.18 bits per heavy atom. The van der Waals surface area contributed by atoms with Crippen molar-refractivity contribution in [2.75, 3.05) is 17.7 Å². The van der Waals surface area contributed by atoms with Crippen LogP contribution in [0.4, 0.5) is 5.82 Å². The zero-order valence-electron chi connectivity index (χ0n) is 15.8. The van der Waals surface area contributed by atoms with Crippen molar-refractivity contribution in [3.8, 4) is 5.75 Å². The van der Waals surface area contributed by atoms with Gasteiger partial charge < -0.3 is 14.6 Å². The lowest BCUT2D eigenvalue weighted by atomic mass is 10.2. The molecule has 3 amide bonds. The summed E-state index contributed by atoms with van der Waals surface area (Å²) in [6.45, 7) is 5.02. The van der Waals surface area contributed by atoms with E-state index in [0.29, 0.717) is 17.3 Å². The third-order valence-corrected chi connectivity index (χ3v) is 4.65. The fraction of sp³-hybridized carbons (Fsp3) is 0.333. The van der Waals surface area contributed by atoms with Crippen molar-refractivity contribution in [3.63, 3.8) is 0 Å². The van der Waals surface area contributed by atoms with Crippen molar-refractivity contribution >= 4 is 35.3 Å². The van der Waals surface area contributed by atoms with Gasteiger partial charge in [-0.15, -0.1) is 11.8 Å². The SMILES string of the molecule is Cc1cc(NC(=O)[C@@H](C)SCC(=O)NNC(=O)COc2ccccc2C)no1. The molecular weight excluding hydrogens is 384 g/mol. The van der Waals surface area contributed by atoms with Gasteiger partial charge in [0.25, 0.3) is 5.91 Å². The van der Waals surface area contributed by atoms with E-state index >= 15 is 0 Å². The van der Waals surface area contributed by atoms with Crippen molar-refractivity contribution in [3.05, 3.63) is 41.7 Å². The molecule has 0 radical (unpaired) electrons. The van der Waals surface area contributed by atoms with Gasteiger partial charge in [0.05, 0.1) is 11.0 Å². The zero-order chi connectivity index (χ0) is 20.5. The first kappa shape index (κ1) is 21.3. The molecule has 1 heterocycles. The maximum absolute atomic E-state index is 12.0. The number of nitrogens with one attached hydrogen (secondary N) is 3. The Morgan fingerprint density at radius 3 is 2.57 bits per heavy atom. The molecule has 2 aromatic rings. The number of hydrogen-bond acceptors (Lipinski definition) is 7. The number of thioether (sulfide) groups is 1. The summed E-state index contributed by atoms with van der Waals surface area (Å²) in [6, 6.07) is 8.89. The average molecular weight is 406 g/mol. The number of para-hydroxylation sites is 1. The minimum Gasteiger partial charge on any atom is -0.483 e. The van der Waals surface area contributed by atoms with E-state index < -0.39 is 17.1 Å². The van der Waals surface area contributed by atoms with Gasteiger partial charge in [-0.3, -0.25) is 25.2 Å². The number of amides is 3. The van der Waals surface area contributed by atoms with Crippen LogP contribution in [0.5, 0.6) is 5.75 Å². The second-order valence-electron chi connectivity index (χ2n) is 5.92. The van der Waals surface area contributed by atoms with E-state index in [9.17, 15) is 14.4 Å². The smallest absolute Gasteiger partial charge is 0.276 e. The number of carbonyl (C=O) groups is 3. The first-order valence-electron chi connectivity index (χ1n) is 8.47. The molecule has 0 saturated heterocycles. The maximum Gasteiger partial charge on any atom is 0.276 e. The summed E-state index contributed by atoms with van der Waals surface area (Å²) in [5.74, 6) is 0.256. The third-order valence-electron chi connectivity index (χ3n) is 3.51. The van der Waals surface area contributed by atoms with Crippen LogP contribution in [0, 0.1) is 13.8 Å². The van der Waals surface area contributed by atoms with Crippen LogP contribution in [0.1, 0.15) is 18.2 Å². The Labute approximate surface area is 166 Å². The van der Waals surface area contributed by atoms with Gasteiger partial charge in [0.2, 0.25) is 11.8 Å². The highest BCUT2D eigenvalue weighted by atomic mass is 32.2. The third kappa shape index (κ3) is 6.95. The topological polar surface area (TPSA) is 123 Å². The van der Waals surface area contributed by atoms with Crippen molar-refractivity contribution in [1.82, 2.24) is 16.0 Å². The number of benzene rings is 1. The van der Waals surface area contributed by atoms with Crippen LogP contribution in [-0.2, 0) is 14.4 Å². The Kier molecular flexibility index (Phi) is 7.88. The number of hydrogen-bond donors (Lipinski definition) is 3. The van der Waals surface area contributed by atoms with Gasteiger partial charge >= 0.3 is 0 Å². The Morgan fingerprint density at radius 2 is 1.89 bits per heavy atom. The summed E-state index contributed by atoms with van der Waals surface area (Å²) in [4.78, 5) is 35.6. The minimum atomic E-state index is -0.497. The summed E-state index contributed by atoms with van der Waals surface area (Å²) in [6.07, 6.45) is 0. The van der Waals surface area contributed by atoms with Crippen LogP contribution in [-0.4, -0.2) is 40.5 Å². The Bertz CT molecular complexity index is 839. The number of hydrazine groups is 1. The highest BCUT2D eigenvalue weighted by Gasteiger charge is 2.17. The van der Waals surface area contributed by atoms with Crippen molar-refractivity contribution in [1.29, 1.82) is 0 Å². The molecule has 10 heteroatoms. The minimum absolute atomic E-state index is 0.00857. The van der Waals surface area contributed by atoms with E-state index in [1.165, 1.54) is 0 Å². The first-order valence-corrected chi connectivity index (χ1v) is 9.52. The summed E-state index contributed by atoms with van der Waals surface area (Å²) in [7, 11) is 0. The molecule has 150 valence electrons. The number of ether oxygens (including phenoxy) is 1. The molecule has 0 bridgehead atoms. The van der Waals surface area contributed by atoms with E-state index in [1.807, 2.05) is 19.1 Å². The number of aryl methyl sites for hydroxylation is 2. The highest BCUT2D eigenvalue weighted by molar-refractivity contribution is 8.01. The van der Waals surface area contributed by atoms with E-state index in [-0.39, 0.29) is 18.3 Å². The molecule has 1 atom stereocenters. The van der Waals surface area contributed by atoms with Crippen molar-refractivity contribution < 1.29 is 23.6 Å². The van der Waals surface area contributed by atoms with Crippen LogP contribution in [0.15, 0.2) is 34.9 Å². The molecule has 0 unspecified atom stereocenters. The van der Waals surface area contributed by atoms with Gasteiger partial charge in [-0.2, -0.15) is 0 Å². The standard InChI is InChI=1S/C18H22N4O5S/c1-11-6-4-5-7-14(11)26-9-16(23)20-21-17(24)10-28-13(3)18(25)19-15-8-12(2)27-22-15/h4-8,13H,9-10H2,1-3H3,(H,20,23)(H,21,24)(H,19,22,25)/t13-/m1/s1. The van der Waals surface area contributed by atoms with Crippen molar-refractivity contribution in [2.45, 2.75) is 26.0 Å². The van der Waals surface area contributed by atoms with Gasteiger partial charge in [-0.05, 0) is 32.4 Å². The Balaban J connectivity index is 1.64. The maximum atomic E-state index is 12.0. The highest BCUT2D eigenvalue weighted by Crippen LogP contribution is 2.16. The van der Waals surface area contributed by atoms with Crippen molar-refractivity contribution in [2.24, 2.45) is 0 Å². The molecule has 0 aliphatic rings. The summed E-state index contributed by atoms with van der Waals surface area (Å²) in [5.41, 5.74) is 5.46. The lowest BCUT2D eigenvalue weighted by Crippen LogP contribution is -2.44. The lowest BCUT2D eigenvalue weighted by molar-refractivity contribution is -0.128.